The maximum Gasteiger partial charge on any atom is 0.313 e. The summed E-state index contributed by atoms with van der Waals surface area (Å²) in [5.41, 5.74) is 8.96. The van der Waals surface area contributed by atoms with Gasteiger partial charge < -0.3 is 15.4 Å². The highest BCUT2D eigenvalue weighted by Crippen LogP contribution is 2.39. The molecule has 2 aliphatic rings. The Bertz CT molecular complexity index is 1510. The summed E-state index contributed by atoms with van der Waals surface area (Å²) in [6.07, 6.45) is 3.01. The minimum atomic E-state index is -1.06. The van der Waals surface area contributed by atoms with Crippen molar-refractivity contribution < 1.29 is 19.1 Å². The van der Waals surface area contributed by atoms with Crippen molar-refractivity contribution in [2.45, 2.75) is 58.3 Å². The average Bonchev–Trinajstić information content (AvgIpc) is 3.51. The fourth-order valence-corrected chi connectivity index (χ4v) is 5.28. The van der Waals surface area contributed by atoms with Crippen molar-refractivity contribution in [1.82, 2.24) is 19.8 Å². The van der Waals surface area contributed by atoms with Crippen LogP contribution in [0.2, 0.25) is 0 Å². The number of esters is 1. The lowest BCUT2D eigenvalue weighted by atomic mass is 9.83. The lowest BCUT2D eigenvalue weighted by Crippen LogP contribution is -2.42. The van der Waals surface area contributed by atoms with Crippen molar-refractivity contribution >= 4 is 23.7 Å². The summed E-state index contributed by atoms with van der Waals surface area (Å²) in [6, 6.07) is 16.8. The third-order valence-corrected chi connectivity index (χ3v) is 7.55. The second-order valence-electron chi connectivity index (χ2n) is 10.9. The predicted molar refractivity (Wildman–Crippen MR) is 152 cm³/mol. The van der Waals surface area contributed by atoms with Gasteiger partial charge in [0.15, 0.2) is 11.5 Å². The van der Waals surface area contributed by atoms with Crippen molar-refractivity contribution in [3.8, 4) is 0 Å². The van der Waals surface area contributed by atoms with Crippen LogP contribution in [-0.2, 0) is 45.9 Å². The molecule has 0 saturated carbocycles. The molecule has 0 unspecified atom stereocenters. The molecular formula is C31H34N6O4. The van der Waals surface area contributed by atoms with Gasteiger partial charge >= 0.3 is 5.97 Å². The van der Waals surface area contributed by atoms with Gasteiger partial charge in [0.2, 0.25) is 0 Å². The third kappa shape index (κ3) is 5.68. The number of fused-ring (bicyclic) bond motifs is 1. The number of rotatable bonds is 9. The number of hydrogen-bond donors (Lipinski definition) is 1. The third-order valence-electron chi connectivity index (χ3n) is 7.55. The predicted octanol–water partition coefficient (Wildman–Crippen LogP) is 3.34. The van der Waals surface area contributed by atoms with Gasteiger partial charge in [-0.3, -0.25) is 19.3 Å². The number of ether oxygens (including phenoxy) is 1. The van der Waals surface area contributed by atoms with Crippen molar-refractivity contribution in [1.29, 1.82) is 0 Å². The second kappa shape index (κ2) is 11.5. The summed E-state index contributed by atoms with van der Waals surface area (Å²) >= 11 is 0. The van der Waals surface area contributed by atoms with Crippen LogP contribution in [0, 0.1) is 5.92 Å². The zero-order chi connectivity index (χ0) is 29.1. The number of aliphatic imine (C=N–C) groups is 1. The second-order valence-corrected chi connectivity index (χ2v) is 10.9. The minimum Gasteiger partial charge on any atom is -0.469 e. The van der Waals surface area contributed by atoms with Gasteiger partial charge in [0, 0.05) is 23.9 Å². The first-order valence-electron chi connectivity index (χ1n) is 13.7. The highest BCUT2D eigenvalue weighted by molar-refractivity contribution is 6.07. The highest BCUT2D eigenvalue weighted by Gasteiger charge is 2.48. The molecule has 2 amide bonds. The normalized spacial score (nSPS) is 18.0. The molecule has 0 saturated heterocycles. The Morgan fingerprint density at radius 1 is 1.10 bits per heavy atom. The van der Waals surface area contributed by atoms with Crippen LogP contribution >= 0.6 is 0 Å². The molecule has 10 heteroatoms. The molecule has 2 aliphatic heterocycles. The number of methoxy groups -OCH3 is 1. The van der Waals surface area contributed by atoms with Crippen molar-refractivity contribution in [2.75, 3.05) is 7.11 Å². The van der Waals surface area contributed by atoms with Gasteiger partial charge in [-0.15, -0.1) is 0 Å². The van der Waals surface area contributed by atoms with Crippen molar-refractivity contribution in [3.63, 3.8) is 0 Å². The van der Waals surface area contributed by atoms with Crippen LogP contribution in [0.15, 0.2) is 65.8 Å². The Morgan fingerprint density at radius 3 is 2.61 bits per heavy atom. The molecular weight excluding hydrogens is 520 g/mol. The lowest BCUT2D eigenvalue weighted by molar-refractivity contribution is -0.140. The Balaban J connectivity index is 1.32. The maximum atomic E-state index is 13.9. The minimum absolute atomic E-state index is 0.0234. The van der Waals surface area contributed by atoms with Gasteiger partial charge in [0.05, 0.1) is 25.9 Å². The molecule has 212 valence electrons. The summed E-state index contributed by atoms with van der Waals surface area (Å²) in [5, 5.41) is 0. The van der Waals surface area contributed by atoms with Gasteiger partial charge in [-0.05, 0) is 42.0 Å². The molecule has 2 aromatic carbocycles. The first kappa shape index (κ1) is 27.9. The van der Waals surface area contributed by atoms with Crippen LogP contribution in [0.1, 0.15) is 65.3 Å². The van der Waals surface area contributed by atoms with E-state index in [1.807, 2.05) is 36.4 Å². The SMILES string of the molecule is COC(=O)Cc1ncc2c(n1)CN(C(=O)c1cccc(CN3C(=O)[C@@](CCC(C)C)(c4ccccc4)N=C3N)c1)C2. The van der Waals surface area contributed by atoms with E-state index in [1.54, 1.807) is 29.3 Å². The summed E-state index contributed by atoms with van der Waals surface area (Å²) < 4.78 is 4.69. The largest absolute Gasteiger partial charge is 0.469 e. The molecule has 10 nitrogen and oxygen atoms in total. The smallest absolute Gasteiger partial charge is 0.313 e. The van der Waals surface area contributed by atoms with Crippen LogP contribution in [0.3, 0.4) is 0 Å². The van der Waals surface area contributed by atoms with Gasteiger partial charge in [0.25, 0.3) is 11.8 Å². The fraction of sp³-hybridized carbons (Fsp3) is 0.355. The number of nitrogens with two attached hydrogens (primary N) is 1. The first-order chi connectivity index (χ1) is 19.7. The molecule has 3 aromatic rings. The number of carbonyl (C=O) groups excluding carboxylic acids is 3. The Kier molecular flexibility index (Phi) is 7.83. The molecule has 1 atom stereocenters. The van der Waals surface area contributed by atoms with Gasteiger partial charge in [-0.25, -0.2) is 15.0 Å². The summed E-state index contributed by atoms with van der Waals surface area (Å²) in [5.74, 6) is 0.200. The first-order valence-corrected chi connectivity index (χ1v) is 13.7. The molecule has 0 aliphatic carbocycles. The van der Waals surface area contributed by atoms with Crippen LogP contribution in [0.5, 0.6) is 0 Å². The molecule has 0 fully saturated rings. The van der Waals surface area contributed by atoms with Crippen molar-refractivity contribution in [3.05, 3.63) is 94.6 Å². The fourth-order valence-electron chi connectivity index (χ4n) is 5.28. The van der Waals surface area contributed by atoms with E-state index in [0.29, 0.717) is 42.5 Å². The van der Waals surface area contributed by atoms with Gasteiger partial charge in [-0.1, -0.05) is 56.3 Å². The van der Waals surface area contributed by atoms with E-state index >= 15 is 0 Å². The van der Waals surface area contributed by atoms with E-state index in [4.69, 9.17) is 15.5 Å². The average molecular weight is 555 g/mol. The standard InChI is InChI=1S/C31H34N6O4/c1-20(2)12-13-31(24-10-5-4-6-11-24)29(40)37(30(32)35-31)17-21-8-7-9-22(14-21)28(39)36-18-23-16-33-26(15-27(38)41-3)34-25(23)19-36/h4-11,14,16,20H,12-13,15,17-19H2,1-3H3,(H2,32,35)/t31-/m1/s1. The Morgan fingerprint density at radius 2 is 1.88 bits per heavy atom. The topological polar surface area (TPSA) is 131 Å². The van der Waals surface area contributed by atoms with Crippen LogP contribution in [-0.4, -0.2) is 50.6 Å². The maximum absolute atomic E-state index is 13.9. The zero-order valence-corrected chi connectivity index (χ0v) is 23.5. The lowest BCUT2D eigenvalue weighted by Gasteiger charge is -2.27. The molecule has 5 rings (SSSR count). The number of benzene rings is 2. The summed E-state index contributed by atoms with van der Waals surface area (Å²) in [4.78, 5) is 55.6. The van der Waals surface area contributed by atoms with E-state index < -0.39 is 11.5 Å². The van der Waals surface area contributed by atoms with E-state index in [1.165, 1.54) is 12.0 Å². The molecule has 41 heavy (non-hydrogen) atoms. The number of guanidine groups is 1. The van der Waals surface area contributed by atoms with E-state index in [0.717, 1.165) is 23.1 Å². The number of amides is 2. The zero-order valence-electron chi connectivity index (χ0n) is 23.5. The van der Waals surface area contributed by atoms with Crippen LogP contribution in [0.25, 0.3) is 0 Å². The number of aromatic nitrogens is 2. The summed E-state index contributed by atoms with van der Waals surface area (Å²) in [6.45, 7) is 5.13. The molecule has 0 bridgehead atoms. The molecule has 0 radical (unpaired) electrons. The van der Waals surface area contributed by atoms with Crippen LogP contribution in [0.4, 0.5) is 0 Å². The molecule has 2 N–H and O–H groups in total. The number of carbonyl (C=O) groups is 3. The Hall–Kier alpha value is -4.60. The molecule has 1 aromatic heterocycles. The van der Waals surface area contributed by atoms with Crippen molar-refractivity contribution in [2.24, 2.45) is 16.6 Å². The Labute approximate surface area is 239 Å². The summed E-state index contributed by atoms with van der Waals surface area (Å²) in [7, 11) is 1.32. The van der Waals surface area contributed by atoms with Gasteiger partial charge in [0.1, 0.15) is 12.2 Å². The highest BCUT2D eigenvalue weighted by atomic mass is 16.5. The number of nitrogens with zero attached hydrogens (tertiary/aromatic N) is 5. The van der Waals surface area contributed by atoms with Crippen LogP contribution < -0.4 is 5.73 Å². The number of hydrogen-bond acceptors (Lipinski definition) is 8. The quantitative estimate of drug-likeness (QED) is 0.402. The van der Waals surface area contributed by atoms with E-state index in [2.05, 4.69) is 23.8 Å². The van der Waals surface area contributed by atoms with E-state index in [-0.39, 0.29) is 30.7 Å². The molecule has 0 spiro atoms. The van der Waals surface area contributed by atoms with E-state index in [9.17, 15) is 14.4 Å². The monoisotopic (exact) mass is 554 g/mol. The molecule has 3 heterocycles. The van der Waals surface area contributed by atoms with Gasteiger partial charge in [-0.2, -0.15) is 0 Å².